The first-order valence-corrected chi connectivity index (χ1v) is 5.51. The molecule has 0 fully saturated rings. The Hall–Kier alpha value is -0.540. The van der Waals surface area contributed by atoms with E-state index in [1.165, 1.54) is 0 Å². The molecule has 0 aromatic carbocycles. The van der Waals surface area contributed by atoms with E-state index >= 15 is 0 Å². The average Bonchev–Trinajstić information content (AvgIpc) is 2.21. The minimum Gasteiger partial charge on any atom is -0.462 e. The lowest BCUT2D eigenvalue weighted by atomic mass is 10.2. The van der Waals surface area contributed by atoms with Gasteiger partial charge in [0.2, 0.25) is 0 Å². The normalized spacial score (nSPS) is 14.4. The van der Waals surface area contributed by atoms with Gasteiger partial charge in [-0.05, 0) is 13.8 Å². The summed E-state index contributed by atoms with van der Waals surface area (Å²) in [4.78, 5) is 11.1. The SMILES string of the molecule is C=C(C)C(=O)OCC(C)COC(C)CCl. The highest BCUT2D eigenvalue weighted by molar-refractivity contribution is 6.18. The Morgan fingerprint density at radius 3 is 2.47 bits per heavy atom. The summed E-state index contributed by atoms with van der Waals surface area (Å²) in [6, 6.07) is 0. The van der Waals surface area contributed by atoms with Crippen molar-refractivity contribution in [3.05, 3.63) is 12.2 Å². The van der Waals surface area contributed by atoms with Crippen LogP contribution in [0, 0.1) is 5.92 Å². The summed E-state index contributed by atoms with van der Waals surface area (Å²) in [7, 11) is 0. The molecule has 2 atom stereocenters. The molecule has 88 valence electrons. The first kappa shape index (κ1) is 14.5. The van der Waals surface area contributed by atoms with Crippen molar-refractivity contribution in [1.29, 1.82) is 0 Å². The van der Waals surface area contributed by atoms with Crippen LogP contribution in [0.5, 0.6) is 0 Å². The van der Waals surface area contributed by atoms with Gasteiger partial charge < -0.3 is 9.47 Å². The molecule has 0 aliphatic rings. The number of carbonyl (C=O) groups is 1. The molecule has 0 saturated carbocycles. The van der Waals surface area contributed by atoms with E-state index < -0.39 is 0 Å². The zero-order valence-electron chi connectivity index (χ0n) is 9.59. The Morgan fingerprint density at radius 1 is 1.40 bits per heavy atom. The summed E-state index contributed by atoms with van der Waals surface area (Å²) >= 11 is 5.58. The molecule has 0 heterocycles. The highest BCUT2D eigenvalue weighted by atomic mass is 35.5. The van der Waals surface area contributed by atoms with Crippen LogP contribution in [0.4, 0.5) is 0 Å². The van der Waals surface area contributed by atoms with Gasteiger partial charge in [-0.2, -0.15) is 0 Å². The predicted octanol–water partition coefficient (Wildman–Crippen LogP) is 2.39. The summed E-state index contributed by atoms with van der Waals surface area (Å²) in [6.07, 6.45) is 0.0333. The number of alkyl halides is 1. The number of hydrogen-bond acceptors (Lipinski definition) is 3. The van der Waals surface area contributed by atoms with Crippen molar-refractivity contribution in [3.8, 4) is 0 Å². The van der Waals surface area contributed by atoms with Crippen molar-refractivity contribution in [2.45, 2.75) is 26.9 Å². The fourth-order valence-corrected chi connectivity index (χ4v) is 0.851. The van der Waals surface area contributed by atoms with E-state index in [1.807, 2.05) is 13.8 Å². The number of ether oxygens (including phenoxy) is 2. The number of carbonyl (C=O) groups excluding carboxylic acids is 1. The van der Waals surface area contributed by atoms with Crippen LogP contribution in [-0.4, -0.2) is 31.2 Å². The Morgan fingerprint density at radius 2 is 2.00 bits per heavy atom. The van der Waals surface area contributed by atoms with Crippen molar-refractivity contribution in [2.24, 2.45) is 5.92 Å². The van der Waals surface area contributed by atoms with Crippen LogP contribution in [-0.2, 0) is 14.3 Å². The average molecular weight is 235 g/mol. The highest BCUT2D eigenvalue weighted by Crippen LogP contribution is 2.03. The third-order valence-electron chi connectivity index (χ3n) is 1.73. The number of rotatable bonds is 7. The zero-order valence-corrected chi connectivity index (χ0v) is 10.3. The molecule has 15 heavy (non-hydrogen) atoms. The van der Waals surface area contributed by atoms with Gasteiger partial charge in [0, 0.05) is 17.4 Å². The van der Waals surface area contributed by atoms with E-state index in [2.05, 4.69) is 6.58 Å². The van der Waals surface area contributed by atoms with Crippen LogP contribution in [0.2, 0.25) is 0 Å². The van der Waals surface area contributed by atoms with Crippen molar-refractivity contribution >= 4 is 17.6 Å². The Kier molecular flexibility index (Phi) is 7.44. The van der Waals surface area contributed by atoms with E-state index in [-0.39, 0.29) is 18.0 Å². The van der Waals surface area contributed by atoms with Gasteiger partial charge in [-0.1, -0.05) is 13.5 Å². The second-order valence-corrected chi connectivity index (χ2v) is 4.09. The zero-order chi connectivity index (χ0) is 11.8. The molecule has 0 saturated heterocycles. The smallest absolute Gasteiger partial charge is 0.333 e. The Bertz CT molecular complexity index is 216. The lowest BCUT2D eigenvalue weighted by Crippen LogP contribution is -2.20. The maximum atomic E-state index is 11.1. The minimum atomic E-state index is -0.354. The van der Waals surface area contributed by atoms with Gasteiger partial charge in [-0.25, -0.2) is 4.79 Å². The van der Waals surface area contributed by atoms with Crippen LogP contribution >= 0.6 is 11.6 Å². The van der Waals surface area contributed by atoms with Crippen molar-refractivity contribution < 1.29 is 14.3 Å². The second-order valence-electron chi connectivity index (χ2n) is 3.78. The standard InChI is InChI=1S/C11H19ClO3/c1-8(2)11(13)15-7-9(3)6-14-10(4)5-12/h9-10H,1,5-7H2,2-4H3. The first-order valence-electron chi connectivity index (χ1n) is 4.97. The molecule has 4 heteroatoms. The summed E-state index contributed by atoms with van der Waals surface area (Å²) < 4.78 is 10.4. The first-order chi connectivity index (χ1) is 6.97. The largest absolute Gasteiger partial charge is 0.462 e. The molecule has 0 bridgehead atoms. The van der Waals surface area contributed by atoms with E-state index in [0.29, 0.717) is 24.7 Å². The molecule has 0 radical (unpaired) electrons. The van der Waals surface area contributed by atoms with Gasteiger partial charge in [0.15, 0.2) is 0 Å². The van der Waals surface area contributed by atoms with E-state index in [4.69, 9.17) is 21.1 Å². The highest BCUT2D eigenvalue weighted by Gasteiger charge is 2.09. The van der Waals surface area contributed by atoms with Crippen LogP contribution in [0.25, 0.3) is 0 Å². The molecular weight excluding hydrogens is 216 g/mol. The quantitative estimate of drug-likeness (QED) is 0.386. The topological polar surface area (TPSA) is 35.5 Å². The van der Waals surface area contributed by atoms with Crippen LogP contribution < -0.4 is 0 Å². The molecule has 0 amide bonds. The molecule has 2 unspecified atom stereocenters. The monoisotopic (exact) mass is 234 g/mol. The van der Waals surface area contributed by atoms with Gasteiger partial charge in [-0.15, -0.1) is 11.6 Å². The molecule has 0 aromatic heterocycles. The Balaban J connectivity index is 3.61. The predicted molar refractivity (Wildman–Crippen MR) is 61.1 cm³/mol. The van der Waals surface area contributed by atoms with Gasteiger partial charge in [0.05, 0.1) is 19.3 Å². The molecule has 0 aromatic rings. The summed E-state index contributed by atoms with van der Waals surface area (Å²) in [5.41, 5.74) is 0.414. The molecule has 0 spiro atoms. The molecule has 0 rings (SSSR count). The molecule has 3 nitrogen and oxygen atoms in total. The Labute approximate surface area is 96.4 Å². The van der Waals surface area contributed by atoms with Crippen LogP contribution in [0.1, 0.15) is 20.8 Å². The van der Waals surface area contributed by atoms with Gasteiger partial charge in [0.1, 0.15) is 0 Å². The van der Waals surface area contributed by atoms with E-state index in [9.17, 15) is 4.79 Å². The maximum absolute atomic E-state index is 11.1. The number of halogens is 1. The van der Waals surface area contributed by atoms with Crippen molar-refractivity contribution in [2.75, 3.05) is 19.1 Å². The maximum Gasteiger partial charge on any atom is 0.333 e. The van der Waals surface area contributed by atoms with E-state index in [0.717, 1.165) is 0 Å². The fourth-order valence-electron chi connectivity index (χ4n) is 0.762. The third kappa shape index (κ3) is 7.40. The molecule has 0 N–H and O–H groups in total. The van der Waals surface area contributed by atoms with Crippen LogP contribution in [0.15, 0.2) is 12.2 Å². The summed E-state index contributed by atoms with van der Waals surface area (Å²) in [5, 5.41) is 0. The number of esters is 1. The third-order valence-corrected chi connectivity index (χ3v) is 2.16. The summed E-state index contributed by atoms with van der Waals surface area (Å²) in [6.45, 7) is 9.86. The molecular formula is C11H19ClO3. The van der Waals surface area contributed by atoms with Gasteiger partial charge in [-0.3, -0.25) is 0 Å². The lowest BCUT2D eigenvalue weighted by molar-refractivity contribution is -0.140. The molecule has 0 aliphatic carbocycles. The second kappa shape index (κ2) is 7.71. The van der Waals surface area contributed by atoms with Gasteiger partial charge in [0.25, 0.3) is 0 Å². The van der Waals surface area contributed by atoms with Gasteiger partial charge >= 0.3 is 5.97 Å². The fraction of sp³-hybridized carbons (Fsp3) is 0.727. The molecule has 0 aliphatic heterocycles. The van der Waals surface area contributed by atoms with Crippen molar-refractivity contribution in [3.63, 3.8) is 0 Å². The number of hydrogen-bond donors (Lipinski definition) is 0. The van der Waals surface area contributed by atoms with Crippen LogP contribution in [0.3, 0.4) is 0 Å². The minimum absolute atomic E-state index is 0.0333. The lowest BCUT2D eigenvalue weighted by Gasteiger charge is -2.15. The van der Waals surface area contributed by atoms with Crippen molar-refractivity contribution in [1.82, 2.24) is 0 Å². The summed E-state index contributed by atoms with van der Waals surface area (Å²) in [5.74, 6) is 0.282. The van der Waals surface area contributed by atoms with E-state index in [1.54, 1.807) is 6.92 Å².